The summed E-state index contributed by atoms with van der Waals surface area (Å²) in [5, 5.41) is 3.57. The molecule has 0 saturated carbocycles. The average molecular weight is 443 g/mol. The molecule has 150 valence electrons. The van der Waals surface area contributed by atoms with Crippen molar-refractivity contribution in [2.45, 2.75) is 19.8 Å². The van der Waals surface area contributed by atoms with E-state index in [2.05, 4.69) is 5.32 Å². The summed E-state index contributed by atoms with van der Waals surface area (Å²) in [4.78, 5) is 12.2. The molecule has 1 amide bonds. The maximum absolute atomic E-state index is 12.3. The summed E-state index contributed by atoms with van der Waals surface area (Å²) in [6.07, 6.45) is 1.49. The third-order valence-corrected chi connectivity index (χ3v) is 6.70. The lowest BCUT2D eigenvalue weighted by atomic mass is 10.0. The number of anilines is 2. The highest BCUT2D eigenvalue weighted by molar-refractivity contribution is 7.92. The van der Waals surface area contributed by atoms with Crippen LogP contribution >= 0.6 is 23.2 Å². The number of fused-ring (bicyclic) bond motifs is 1. The molecule has 1 heterocycles. The van der Waals surface area contributed by atoms with Crippen molar-refractivity contribution in [1.29, 1.82) is 0 Å². The van der Waals surface area contributed by atoms with Crippen molar-refractivity contribution in [3.63, 3.8) is 0 Å². The van der Waals surface area contributed by atoms with E-state index in [-0.39, 0.29) is 18.3 Å². The molecular formula is C19H20Cl2N2O4S. The number of amides is 1. The Kier molecular flexibility index (Phi) is 6.37. The Morgan fingerprint density at radius 1 is 1.21 bits per heavy atom. The van der Waals surface area contributed by atoms with Crippen LogP contribution in [0.4, 0.5) is 11.4 Å². The van der Waals surface area contributed by atoms with E-state index in [1.54, 1.807) is 37.3 Å². The van der Waals surface area contributed by atoms with Crippen LogP contribution in [0.15, 0.2) is 36.4 Å². The molecule has 1 aliphatic heterocycles. The van der Waals surface area contributed by atoms with E-state index >= 15 is 0 Å². The van der Waals surface area contributed by atoms with Crippen LogP contribution < -0.4 is 14.4 Å². The number of ether oxygens (including phenoxy) is 1. The molecule has 1 aliphatic rings. The van der Waals surface area contributed by atoms with Gasteiger partial charge >= 0.3 is 0 Å². The molecule has 0 fully saturated rings. The van der Waals surface area contributed by atoms with Crippen molar-refractivity contribution in [3.8, 4) is 5.75 Å². The van der Waals surface area contributed by atoms with Gasteiger partial charge in [0.05, 0.1) is 16.5 Å². The lowest BCUT2D eigenvalue weighted by Gasteiger charge is -2.30. The Bertz CT molecular complexity index is 995. The smallest absolute Gasteiger partial charge is 0.262 e. The number of sulfonamides is 1. The number of rotatable bonds is 6. The summed E-state index contributed by atoms with van der Waals surface area (Å²) in [7, 11) is -3.31. The van der Waals surface area contributed by atoms with E-state index in [9.17, 15) is 13.2 Å². The van der Waals surface area contributed by atoms with Crippen molar-refractivity contribution < 1.29 is 17.9 Å². The molecule has 6 nitrogen and oxygen atoms in total. The third-order valence-electron chi connectivity index (χ3n) is 4.39. The van der Waals surface area contributed by atoms with E-state index in [1.807, 2.05) is 0 Å². The number of nitrogens with zero attached hydrogens (tertiary/aromatic N) is 1. The van der Waals surface area contributed by atoms with Gasteiger partial charge < -0.3 is 10.1 Å². The second-order valence-corrected chi connectivity index (χ2v) is 9.36. The Labute approximate surface area is 174 Å². The SMILES string of the molecule is CCS(=O)(=O)N1CCCc2cc(NC(=O)COc3ccc(Cl)cc3Cl)ccc21. The van der Waals surface area contributed by atoms with Crippen LogP contribution in [0.3, 0.4) is 0 Å². The molecule has 0 saturated heterocycles. The third kappa shape index (κ3) is 4.71. The molecule has 2 aromatic rings. The zero-order chi connectivity index (χ0) is 20.3. The van der Waals surface area contributed by atoms with Crippen LogP contribution in [0.2, 0.25) is 10.0 Å². The normalized spacial score (nSPS) is 13.8. The number of hydrogen-bond acceptors (Lipinski definition) is 4. The fourth-order valence-electron chi connectivity index (χ4n) is 3.02. The summed E-state index contributed by atoms with van der Waals surface area (Å²) in [5.74, 6) is 0.0714. The molecule has 9 heteroatoms. The summed E-state index contributed by atoms with van der Waals surface area (Å²) >= 11 is 11.9. The Balaban J connectivity index is 1.67. The van der Waals surface area contributed by atoms with Crippen molar-refractivity contribution in [1.82, 2.24) is 0 Å². The van der Waals surface area contributed by atoms with Gasteiger partial charge in [-0.2, -0.15) is 0 Å². The van der Waals surface area contributed by atoms with Crippen LogP contribution in [0.1, 0.15) is 18.9 Å². The molecule has 0 unspecified atom stereocenters. The minimum atomic E-state index is -3.31. The van der Waals surface area contributed by atoms with Crippen LogP contribution in [-0.4, -0.2) is 33.2 Å². The summed E-state index contributed by atoms with van der Waals surface area (Å²) in [6, 6.07) is 9.99. The molecule has 0 bridgehead atoms. The minimum absolute atomic E-state index is 0.0511. The molecule has 0 radical (unpaired) electrons. The van der Waals surface area contributed by atoms with Gasteiger partial charge in [-0.15, -0.1) is 0 Å². The zero-order valence-electron chi connectivity index (χ0n) is 15.2. The molecule has 28 heavy (non-hydrogen) atoms. The predicted molar refractivity (Wildman–Crippen MR) is 112 cm³/mol. The van der Waals surface area contributed by atoms with Gasteiger partial charge in [-0.3, -0.25) is 9.10 Å². The van der Waals surface area contributed by atoms with Crippen LogP contribution in [0, 0.1) is 0 Å². The number of halogens is 2. The Morgan fingerprint density at radius 2 is 2.00 bits per heavy atom. The quantitative estimate of drug-likeness (QED) is 0.729. The van der Waals surface area contributed by atoms with Gasteiger partial charge in [-0.1, -0.05) is 23.2 Å². The van der Waals surface area contributed by atoms with Crippen molar-refractivity contribution in [2.24, 2.45) is 0 Å². The number of carbonyl (C=O) groups is 1. The number of aryl methyl sites for hydroxylation is 1. The maximum Gasteiger partial charge on any atom is 0.262 e. The van der Waals surface area contributed by atoms with Gasteiger partial charge in [0.15, 0.2) is 6.61 Å². The number of carbonyl (C=O) groups excluding carboxylic acids is 1. The molecule has 0 atom stereocenters. The fourth-order valence-corrected chi connectivity index (χ4v) is 4.68. The van der Waals surface area contributed by atoms with E-state index < -0.39 is 10.0 Å². The van der Waals surface area contributed by atoms with E-state index in [0.29, 0.717) is 33.7 Å². The van der Waals surface area contributed by atoms with Gasteiger partial charge in [-0.05, 0) is 61.7 Å². The summed E-state index contributed by atoms with van der Waals surface area (Å²) in [5.41, 5.74) is 2.16. The molecule has 1 N–H and O–H groups in total. The van der Waals surface area contributed by atoms with Gasteiger partial charge in [0.25, 0.3) is 5.91 Å². The lowest BCUT2D eigenvalue weighted by molar-refractivity contribution is -0.118. The number of hydrogen-bond donors (Lipinski definition) is 1. The molecule has 0 aliphatic carbocycles. The van der Waals surface area contributed by atoms with Crippen molar-refractivity contribution in [2.75, 3.05) is 28.5 Å². The average Bonchev–Trinajstić information content (AvgIpc) is 2.66. The summed E-state index contributed by atoms with van der Waals surface area (Å²) < 4.78 is 31.4. The van der Waals surface area contributed by atoms with Gasteiger partial charge in [0.1, 0.15) is 5.75 Å². The minimum Gasteiger partial charge on any atom is -0.482 e. The van der Waals surface area contributed by atoms with Crippen LogP contribution in [0.5, 0.6) is 5.75 Å². The van der Waals surface area contributed by atoms with Crippen LogP contribution in [0.25, 0.3) is 0 Å². The molecular weight excluding hydrogens is 423 g/mol. The van der Waals surface area contributed by atoms with Gasteiger partial charge in [-0.25, -0.2) is 8.42 Å². The standard InChI is InChI=1S/C19H20Cl2N2O4S/c1-2-28(25,26)23-9-3-4-13-10-15(6-7-17(13)23)22-19(24)12-27-18-8-5-14(20)11-16(18)21/h5-8,10-11H,2-4,9,12H2,1H3,(H,22,24). The topological polar surface area (TPSA) is 75.7 Å². The first kappa shape index (κ1) is 20.8. The van der Waals surface area contributed by atoms with Crippen LogP contribution in [-0.2, 0) is 21.2 Å². The second kappa shape index (κ2) is 8.59. The van der Waals surface area contributed by atoms with Crippen molar-refractivity contribution in [3.05, 3.63) is 52.0 Å². The monoisotopic (exact) mass is 442 g/mol. The lowest BCUT2D eigenvalue weighted by Crippen LogP contribution is -2.36. The summed E-state index contributed by atoms with van der Waals surface area (Å²) in [6.45, 7) is 1.89. The number of benzene rings is 2. The second-order valence-electron chi connectivity index (χ2n) is 6.33. The first-order valence-corrected chi connectivity index (χ1v) is 11.2. The molecule has 2 aromatic carbocycles. The highest BCUT2D eigenvalue weighted by atomic mass is 35.5. The van der Waals surface area contributed by atoms with E-state index in [0.717, 1.165) is 18.4 Å². The van der Waals surface area contributed by atoms with Crippen molar-refractivity contribution >= 4 is 50.5 Å². The largest absolute Gasteiger partial charge is 0.482 e. The van der Waals surface area contributed by atoms with Gasteiger partial charge in [0, 0.05) is 17.3 Å². The van der Waals surface area contributed by atoms with E-state index in [1.165, 1.54) is 10.4 Å². The predicted octanol–water partition coefficient (Wildman–Crippen LogP) is 4.11. The molecule has 0 aromatic heterocycles. The molecule has 0 spiro atoms. The Morgan fingerprint density at radius 3 is 2.71 bits per heavy atom. The fraction of sp³-hybridized carbons (Fsp3) is 0.316. The first-order valence-electron chi connectivity index (χ1n) is 8.81. The highest BCUT2D eigenvalue weighted by Gasteiger charge is 2.26. The highest BCUT2D eigenvalue weighted by Crippen LogP contribution is 2.32. The number of nitrogens with one attached hydrogen (secondary N) is 1. The zero-order valence-corrected chi connectivity index (χ0v) is 17.6. The molecule has 3 rings (SSSR count). The first-order chi connectivity index (χ1) is 13.3. The van der Waals surface area contributed by atoms with Gasteiger partial charge in [0.2, 0.25) is 10.0 Å². The maximum atomic E-state index is 12.3. The Hall–Kier alpha value is -1.96. The van der Waals surface area contributed by atoms with E-state index in [4.69, 9.17) is 27.9 Å².